The first-order valence-electron chi connectivity index (χ1n) is 10.6. The molecule has 1 aliphatic heterocycles. The van der Waals surface area contributed by atoms with E-state index in [2.05, 4.69) is 30.4 Å². The van der Waals surface area contributed by atoms with E-state index in [1.807, 2.05) is 30.8 Å². The van der Waals surface area contributed by atoms with Crippen molar-refractivity contribution in [1.82, 2.24) is 9.88 Å². The summed E-state index contributed by atoms with van der Waals surface area (Å²) in [4.78, 5) is 13.5. The lowest BCUT2D eigenvalue weighted by Crippen LogP contribution is -2.50. The summed E-state index contributed by atoms with van der Waals surface area (Å²) < 4.78 is 21.4. The largest absolute Gasteiger partial charge is 0.381 e. The van der Waals surface area contributed by atoms with Crippen LogP contribution in [-0.2, 0) is 28.4 Å². The van der Waals surface area contributed by atoms with Crippen LogP contribution in [0.3, 0.4) is 0 Å². The molecule has 1 atom stereocenters. The summed E-state index contributed by atoms with van der Waals surface area (Å²) in [7, 11) is 1.96. The summed E-state index contributed by atoms with van der Waals surface area (Å²) in [6, 6.07) is 13.0. The van der Waals surface area contributed by atoms with Crippen molar-refractivity contribution in [2.45, 2.75) is 44.6 Å². The molecule has 0 aliphatic carbocycles. The molecule has 2 heterocycles. The first kappa shape index (κ1) is 20.6. The summed E-state index contributed by atoms with van der Waals surface area (Å²) >= 11 is 0. The van der Waals surface area contributed by atoms with E-state index in [-0.39, 0.29) is 17.8 Å². The van der Waals surface area contributed by atoms with E-state index < -0.39 is 5.41 Å². The van der Waals surface area contributed by atoms with Crippen LogP contribution in [0.1, 0.15) is 36.5 Å². The van der Waals surface area contributed by atoms with Crippen molar-refractivity contribution in [3.63, 3.8) is 0 Å². The molecule has 30 heavy (non-hydrogen) atoms. The van der Waals surface area contributed by atoms with E-state index >= 15 is 0 Å². The molecule has 5 heteroatoms. The first-order valence-corrected chi connectivity index (χ1v) is 10.6. The summed E-state index contributed by atoms with van der Waals surface area (Å²) in [5.74, 6) is -0.192. The van der Waals surface area contributed by atoms with Gasteiger partial charge in [-0.05, 0) is 62.4 Å². The summed E-state index contributed by atoms with van der Waals surface area (Å²) in [5.41, 5.74) is 3.67. The minimum atomic E-state index is -0.566. The second-order valence-corrected chi connectivity index (χ2v) is 8.57. The number of carbonyl (C=O) groups excluding carboxylic acids is 1. The minimum absolute atomic E-state index is 0.0512. The number of ether oxygens (including phenoxy) is 1. The van der Waals surface area contributed by atoms with Gasteiger partial charge in [-0.3, -0.25) is 4.79 Å². The molecule has 1 amide bonds. The van der Waals surface area contributed by atoms with E-state index in [9.17, 15) is 9.18 Å². The Morgan fingerprint density at radius 1 is 1.23 bits per heavy atom. The van der Waals surface area contributed by atoms with E-state index in [0.717, 1.165) is 27.6 Å². The van der Waals surface area contributed by atoms with Crippen molar-refractivity contribution in [2.24, 2.45) is 7.05 Å². The molecule has 3 aromatic rings. The van der Waals surface area contributed by atoms with Crippen LogP contribution in [0.4, 0.5) is 4.39 Å². The van der Waals surface area contributed by atoms with Crippen molar-refractivity contribution in [3.05, 3.63) is 71.2 Å². The van der Waals surface area contributed by atoms with Crippen molar-refractivity contribution in [2.75, 3.05) is 13.2 Å². The van der Waals surface area contributed by atoms with Crippen molar-refractivity contribution in [1.29, 1.82) is 0 Å². The SMILES string of the molecule is Cc1cccc(C2(C(=O)N[C@H](C)Cc3cn(C)c4ccc(F)cc34)CCOCC2)c1. The van der Waals surface area contributed by atoms with Crippen molar-refractivity contribution in [3.8, 4) is 0 Å². The van der Waals surface area contributed by atoms with Crippen LogP contribution in [0, 0.1) is 12.7 Å². The predicted molar refractivity (Wildman–Crippen MR) is 117 cm³/mol. The van der Waals surface area contributed by atoms with Gasteiger partial charge < -0.3 is 14.6 Å². The Kier molecular flexibility index (Phi) is 5.65. The number of fused-ring (bicyclic) bond motifs is 1. The molecule has 1 aromatic heterocycles. The van der Waals surface area contributed by atoms with E-state index in [0.29, 0.717) is 32.5 Å². The van der Waals surface area contributed by atoms with Crippen molar-refractivity contribution < 1.29 is 13.9 Å². The average molecular weight is 409 g/mol. The topological polar surface area (TPSA) is 43.3 Å². The molecule has 1 fully saturated rings. The molecule has 0 radical (unpaired) electrons. The van der Waals surface area contributed by atoms with Gasteiger partial charge in [0.15, 0.2) is 0 Å². The molecule has 1 aliphatic rings. The van der Waals surface area contributed by atoms with Crippen LogP contribution >= 0.6 is 0 Å². The van der Waals surface area contributed by atoms with Crippen LogP contribution in [0.5, 0.6) is 0 Å². The Morgan fingerprint density at radius 2 is 2.00 bits per heavy atom. The first-order chi connectivity index (χ1) is 14.4. The molecule has 4 nitrogen and oxygen atoms in total. The molecule has 2 aromatic carbocycles. The van der Waals surface area contributed by atoms with Crippen LogP contribution in [0.2, 0.25) is 0 Å². The van der Waals surface area contributed by atoms with Gasteiger partial charge in [-0.1, -0.05) is 29.8 Å². The third kappa shape index (κ3) is 3.86. The fraction of sp³-hybridized carbons (Fsp3) is 0.400. The molecule has 0 saturated carbocycles. The Hall–Kier alpha value is -2.66. The minimum Gasteiger partial charge on any atom is -0.381 e. The van der Waals surface area contributed by atoms with Crippen LogP contribution in [0.25, 0.3) is 10.9 Å². The third-order valence-corrected chi connectivity index (χ3v) is 6.29. The highest BCUT2D eigenvalue weighted by Gasteiger charge is 2.42. The van der Waals surface area contributed by atoms with Crippen LogP contribution in [-0.4, -0.2) is 29.7 Å². The second-order valence-electron chi connectivity index (χ2n) is 8.57. The zero-order chi connectivity index (χ0) is 21.3. The fourth-order valence-corrected chi connectivity index (χ4v) is 4.66. The maximum Gasteiger partial charge on any atom is 0.231 e. The Morgan fingerprint density at radius 3 is 2.73 bits per heavy atom. The number of halogens is 1. The fourth-order valence-electron chi connectivity index (χ4n) is 4.66. The quantitative estimate of drug-likeness (QED) is 0.679. The lowest BCUT2D eigenvalue weighted by molar-refractivity contribution is -0.131. The van der Waals surface area contributed by atoms with Crippen LogP contribution < -0.4 is 5.32 Å². The van der Waals surface area contributed by atoms with Gasteiger partial charge in [0.2, 0.25) is 5.91 Å². The standard InChI is InChI=1S/C25H29FN2O2/c1-17-5-4-6-20(13-17)25(9-11-30-12-10-25)24(29)27-18(2)14-19-16-28(3)23-8-7-21(26)15-22(19)23/h4-8,13,15-16,18H,9-12,14H2,1-3H3,(H,27,29)/t18-/m1/s1. The van der Waals surface area contributed by atoms with Gasteiger partial charge in [0, 0.05) is 43.4 Å². The number of nitrogens with one attached hydrogen (secondary N) is 1. The smallest absolute Gasteiger partial charge is 0.231 e. The Balaban J connectivity index is 1.57. The molecule has 158 valence electrons. The zero-order valence-electron chi connectivity index (χ0n) is 17.9. The van der Waals surface area contributed by atoms with Gasteiger partial charge in [0.1, 0.15) is 5.82 Å². The van der Waals surface area contributed by atoms with Gasteiger partial charge in [0.25, 0.3) is 0 Å². The number of nitrogens with zero attached hydrogens (tertiary/aromatic N) is 1. The number of hydrogen-bond donors (Lipinski definition) is 1. The molecule has 4 rings (SSSR count). The summed E-state index contributed by atoms with van der Waals surface area (Å²) in [6.45, 7) is 5.23. The van der Waals surface area contributed by atoms with Gasteiger partial charge in [-0.2, -0.15) is 0 Å². The highest BCUT2D eigenvalue weighted by molar-refractivity contribution is 5.89. The molecule has 0 unspecified atom stereocenters. The molecule has 0 spiro atoms. The highest BCUT2D eigenvalue weighted by Crippen LogP contribution is 2.36. The third-order valence-electron chi connectivity index (χ3n) is 6.29. The second kappa shape index (κ2) is 8.23. The molecule has 1 saturated heterocycles. The highest BCUT2D eigenvalue weighted by atomic mass is 19.1. The maximum absolute atomic E-state index is 13.8. The van der Waals surface area contributed by atoms with E-state index in [1.54, 1.807) is 12.1 Å². The van der Waals surface area contributed by atoms with Gasteiger partial charge in [-0.25, -0.2) is 4.39 Å². The number of hydrogen-bond acceptors (Lipinski definition) is 2. The van der Waals surface area contributed by atoms with Crippen molar-refractivity contribution >= 4 is 16.8 Å². The Bertz CT molecular complexity index is 1070. The number of aryl methyl sites for hydroxylation is 2. The molecule has 1 N–H and O–H groups in total. The Labute approximate surface area is 177 Å². The average Bonchev–Trinajstić information content (AvgIpc) is 3.02. The normalized spacial score (nSPS) is 17.1. The lowest BCUT2D eigenvalue weighted by Gasteiger charge is -2.37. The van der Waals surface area contributed by atoms with E-state index in [1.165, 1.54) is 6.07 Å². The number of rotatable bonds is 5. The molecular weight excluding hydrogens is 379 g/mol. The van der Waals surface area contributed by atoms with Gasteiger partial charge in [0.05, 0.1) is 5.41 Å². The maximum atomic E-state index is 13.8. The number of amides is 1. The molecule has 0 bridgehead atoms. The summed E-state index contributed by atoms with van der Waals surface area (Å²) in [6.07, 6.45) is 4.02. The van der Waals surface area contributed by atoms with Gasteiger partial charge in [-0.15, -0.1) is 0 Å². The van der Waals surface area contributed by atoms with Gasteiger partial charge >= 0.3 is 0 Å². The number of aromatic nitrogens is 1. The van der Waals surface area contributed by atoms with Crippen LogP contribution in [0.15, 0.2) is 48.7 Å². The van der Waals surface area contributed by atoms with E-state index in [4.69, 9.17) is 4.74 Å². The zero-order valence-corrected chi connectivity index (χ0v) is 17.9. The summed E-state index contributed by atoms with van der Waals surface area (Å²) in [5, 5.41) is 4.15. The predicted octanol–water partition coefficient (Wildman–Crippen LogP) is 4.42. The monoisotopic (exact) mass is 408 g/mol. The number of benzene rings is 2. The lowest BCUT2D eigenvalue weighted by atomic mass is 9.73. The number of carbonyl (C=O) groups is 1. The molecular formula is C25H29FN2O2.